The Morgan fingerprint density at radius 1 is 1.60 bits per heavy atom. The Balaban J connectivity index is 2.75. The maximum absolute atomic E-state index is 10.5. The fourth-order valence-electron chi connectivity index (χ4n) is 0.909. The van der Waals surface area contributed by atoms with E-state index in [0.29, 0.717) is 17.9 Å². The first kappa shape index (κ1) is 11.0. The van der Waals surface area contributed by atoms with Crippen molar-refractivity contribution in [3.8, 4) is 11.8 Å². The summed E-state index contributed by atoms with van der Waals surface area (Å²) >= 11 is 0. The SMILES string of the molecule is NC(=O)Nc1cccc(C#CCCO)n1. The highest BCUT2D eigenvalue weighted by Crippen LogP contribution is 2.03. The summed E-state index contributed by atoms with van der Waals surface area (Å²) in [7, 11) is 0. The quantitative estimate of drug-likeness (QED) is 0.607. The monoisotopic (exact) mass is 205 g/mol. The first-order chi connectivity index (χ1) is 7.22. The van der Waals surface area contributed by atoms with Crippen LogP contribution in [0, 0.1) is 11.8 Å². The summed E-state index contributed by atoms with van der Waals surface area (Å²) in [5.74, 6) is 5.83. The van der Waals surface area contributed by atoms with E-state index in [0.717, 1.165) is 0 Å². The lowest BCUT2D eigenvalue weighted by molar-refractivity contribution is 0.259. The molecule has 1 aromatic rings. The molecule has 1 rings (SSSR count). The Kier molecular flexibility index (Phi) is 4.13. The molecule has 0 aliphatic carbocycles. The maximum atomic E-state index is 10.5. The molecule has 5 nitrogen and oxygen atoms in total. The van der Waals surface area contributed by atoms with Gasteiger partial charge in [-0.05, 0) is 18.1 Å². The van der Waals surface area contributed by atoms with E-state index >= 15 is 0 Å². The first-order valence-corrected chi connectivity index (χ1v) is 4.35. The highest BCUT2D eigenvalue weighted by molar-refractivity contribution is 5.86. The Bertz CT molecular complexity index is 407. The third kappa shape index (κ3) is 4.11. The first-order valence-electron chi connectivity index (χ1n) is 4.35. The van der Waals surface area contributed by atoms with Crippen LogP contribution in [0.1, 0.15) is 12.1 Å². The zero-order chi connectivity index (χ0) is 11.1. The number of anilines is 1. The second kappa shape index (κ2) is 5.62. The van der Waals surface area contributed by atoms with E-state index in [1.807, 2.05) is 0 Å². The smallest absolute Gasteiger partial charge is 0.317 e. The summed E-state index contributed by atoms with van der Waals surface area (Å²) in [5, 5.41) is 10.9. The maximum Gasteiger partial charge on any atom is 0.317 e. The largest absolute Gasteiger partial charge is 0.395 e. The van der Waals surface area contributed by atoms with Crippen molar-refractivity contribution in [3.63, 3.8) is 0 Å². The summed E-state index contributed by atoms with van der Waals surface area (Å²) in [6, 6.07) is 4.36. The molecule has 78 valence electrons. The van der Waals surface area contributed by atoms with Gasteiger partial charge >= 0.3 is 6.03 Å². The van der Waals surface area contributed by atoms with Gasteiger partial charge in [0, 0.05) is 6.42 Å². The van der Waals surface area contributed by atoms with Crippen molar-refractivity contribution >= 4 is 11.8 Å². The van der Waals surface area contributed by atoms with E-state index < -0.39 is 6.03 Å². The fourth-order valence-corrected chi connectivity index (χ4v) is 0.909. The molecular formula is C10H11N3O2. The number of hydrogen-bond donors (Lipinski definition) is 3. The van der Waals surface area contributed by atoms with Gasteiger partial charge in [-0.15, -0.1) is 0 Å². The van der Waals surface area contributed by atoms with Crippen LogP contribution >= 0.6 is 0 Å². The van der Waals surface area contributed by atoms with Gasteiger partial charge in [-0.25, -0.2) is 9.78 Å². The molecule has 0 spiro atoms. The highest BCUT2D eigenvalue weighted by atomic mass is 16.2. The second-order valence-electron chi connectivity index (χ2n) is 2.67. The van der Waals surface area contributed by atoms with E-state index in [1.165, 1.54) is 0 Å². The van der Waals surface area contributed by atoms with Crippen molar-refractivity contribution in [1.29, 1.82) is 0 Å². The van der Waals surface area contributed by atoms with Crippen molar-refractivity contribution in [2.45, 2.75) is 6.42 Å². The molecule has 0 saturated carbocycles. The van der Waals surface area contributed by atoms with Crippen LogP contribution in [0.5, 0.6) is 0 Å². The Morgan fingerprint density at radius 3 is 3.07 bits per heavy atom. The van der Waals surface area contributed by atoms with Crippen molar-refractivity contribution in [2.24, 2.45) is 5.73 Å². The molecule has 15 heavy (non-hydrogen) atoms. The minimum absolute atomic E-state index is 0.0201. The molecule has 0 radical (unpaired) electrons. The van der Waals surface area contributed by atoms with Crippen LogP contribution in [0.3, 0.4) is 0 Å². The Hall–Kier alpha value is -2.06. The van der Waals surface area contributed by atoms with Gasteiger partial charge in [0.15, 0.2) is 0 Å². The number of nitrogens with one attached hydrogen (secondary N) is 1. The molecule has 0 atom stereocenters. The molecule has 0 aliphatic rings. The number of carbonyl (C=O) groups excluding carboxylic acids is 1. The Labute approximate surface area is 87.3 Å². The van der Waals surface area contributed by atoms with Gasteiger partial charge in [0.2, 0.25) is 0 Å². The van der Waals surface area contributed by atoms with E-state index in [1.54, 1.807) is 18.2 Å². The van der Waals surface area contributed by atoms with Gasteiger partial charge in [0.25, 0.3) is 0 Å². The number of nitrogens with two attached hydrogens (primary N) is 1. The summed E-state index contributed by atoms with van der Waals surface area (Å²) in [6.45, 7) is 0.0201. The topological polar surface area (TPSA) is 88.2 Å². The second-order valence-corrected chi connectivity index (χ2v) is 2.67. The molecule has 2 amide bonds. The number of aromatic nitrogens is 1. The van der Waals surface area contributed by atoms with Crippen molar-refractivity contribution in [3.05, 3.63) is 23.9 Å². The molecule has 4 N–H and O–H groups in total. The third-order valence-electron chi connectivity index (χ3n) is 1.45. The number of rotatable bonds is 2. The van der Waals surface area contributed by atoms with Gasteiger partial charge in [-0.1, -0.05) is 12.0 Å². The molecule has 0 unspecified atom stereocenters. The van der Waals surface area contributed by atoms with Crippen molar-refractivity contribution in [1.82, 2.24) is 4.98 Å². The normalized spacial score (nSPS) is 8.87. The highest BCUT2D eigenvalue weighted by Gasteiger charge is 1.97. The molecule has 0 aromatic carbocycles. The number of urea groups is 1. The summed E-state index contributed by atoms with van der Waals surface area (Å²) in [5.41, 5.74) is 5.46. The number of hydrogen-bond acceptors (Lipinski definition) is 3. The van der Waals surface area contributed by atoms with Crippen LogP contribution in [-0.4, -0.2) is 22.7 Å². The molecule has 0 aliphatic heterocycles. The van der Waals surface area contributed by atoms with Crippen LogP contribution in [0.15, 0.2) is 18.2 Å². The lowest BCUT2D eigenvalue weighted by Crippen LogP contribution is -2.20. The lowest BCUT2D eigenvalue weighted by atomic mass is 10.3. The van der Waals surface area contributed by atoms with Crippen LogP contribution in [0.25, 0.3) is 0 Å². The average Bonchev–Trinajstić information content (AvgIpc) is 2.18. The third-order valence-corrected chi connectivity index (χ3v) is 1.45. The van der Waals surface area contributed by atoms with Gasteiger partial charge in [0.05, 0.1) is 6.61 Å². The number of primary amides is 1. The number of carbonyl (C=O) groups is 1. The zero-order valence-corrected chi connectivity index (χ0v) is 8.03. The molecular weight excluding hydrogens is 194 g/mol. The predicted octanol–water partition coefficient (Wildman–Crippen LogP) is 0.306. The van der Waals surface area contributed by atoms with Crippen LogP contribution < -0.4 is 11.1 Å². The standard InChI is InChI=1S/C10H11N3O2/c11-10(15)13-9-6-3-5-8(12-9)4-1-2-7-14/h3,5-6,14H,2,7H2,(H3,11,12,13,15). The average molecular weight is 205 g/mol. The molecule has 0 bridgehead atoms. The van der Waals surface area contributed by atoms with Gasteiger partial charge in [-0.2, -0.15) is 0 Å². The fraction of sp³-hybridized carbons (Fsp3) is 0.200. The summed E-state index contributed by atoms with van der Waals surface area (Å²) in [6.07, 6.45) is 0.398. The van der Waals surface area contributed by atoms with Crippen LogP contribution in [0.4, 0.5) is 10.6 Å². The van der Waals surface area contributed by atoms with E-state index in [4.69, 9.17) is 10.8 Å². The number of aliphatic hydroxyl groups excluding tert-OH is 1. The molecule has 1 heterocycles. The Morgan fingerprint density at radius 2 is 2.40 bits per heavy atom. The van der Waals surface area contributed by atoms with Crippen molar-refractivity contribution < 1.29 is 9.90 Å². The number of amides is 2. The van der Waals surface area contributed by atoms with Crippen LogP contribution in [-0.2, 0) is 0 Å². The van der Waals surface area contributed by atoms with Crippen LogP contribution in [0.2, 0.25) is 0 Å². The molecule has 1 aromatic heterocycles. The molecule has 5 heteroatoms. The number of pyridine rings is 1. The predicted molar refractivity (Wildman–Crippen MR) is 56.0 cm³/mol. The summed E-state index contributed by atoms with van der Waals surface area (Å²) < 4.78 is 0. The number of aliphatic hydroxyl groups is 1. The van der Waals surface area contributed by atoms with E-state index in [9.17, 15) is 4.79 Å². The van der Waals surface area contributed by atoms with Gasteiger partial charge in [-0.3, -0.25) is 5.32 Å². The lowest BCUT2D eigenvalue weighted by Gasteiger charge is -1.99. The summed E-state index contributed by atoms with van der Waals surface area (Å²) in [4.78, 5) is 14.6. The van der Waals surface area contributed by atoms with E-state index in [-0.39, 0.29) is 6.61 Å². The van der Waals surface area contributed by atoms with Gasteiger partial charge in [0.1, 0.15) is 11.5 Å². The van der Waals surface area contributed by atoms with Gasteiger partial charge < -0.3 is 10.8 Å². The molecule has 0 fully saturated rings. The number of nitrogens with zero attached hydrogens (tertiary/aromatic N) is 1. The minimum atomic E-state index is -0.664. The van der Waals surface area contributed by atoms with E-state index in [2.05, 4.69) is 22.1 Å². The molecule has 0 saturated heterocycles. The van der Waals surface area contributed by atoms with Crippen molar-refractivity contribution in [2.75, 3.05) is 11.9 Å². The minimum Gasteiger partial charge on any atom is -0.395 e. The zero-order valence-electron chi connectivity index (χ0n) is 8.03.